The number of benzene rings is 1. The highest BCUT2D eigenvalue weighted by Gasteiger charge is 2.32. The van der Waals surface area contributed by atoms with E-state index in [2.05, 4.69) is 19.7 Å². The summed E-state index contributed by atoms with van der Waals surface area (Å²) >= 11 is 0. The minimum absolute atomic E-state index is 0.180. The van der Waals surface area contributed by atoms with Gasteiger partial charge < -0.3 is 9.47 Å². The van der Waals surface area contributed by atoms with E-state index in [0.29, 0.717) is 0 Å². The van der Waals surface area contributed by atoms with Crippen LogP contribution in [0.25, 0.3) is 10.4 Å². The largest absolute Gasteiger partial charge is 0.354 e. The normalized spacial score (nSPS) is 11.9. The van der Waals surface area contributed by atoms with Crippen molar-refractivity contribution in [2.45, 2.75) is 10.3 Å². The molecule has 0 bridgehead atoms. The van der Waals surface area contributed by atoms with Crippen LogP contribution in [0.2, 0.25) is 0 Å². The van der Waals surface area contributed by atoms with Gasteiger partial charge in [0.05, 0.1) is 4.90 Å². The van der Waals surface area contributed by atoms with Crippen molar-refractivity contribution in [2.75, 3.05) is 14.2 Å². The molecule has 7 nitrogen and oxygen atoms in total. The van der Waals surface area contributed by atoms with Gasteiger partial charge in [0.25, 0.3) is 10.0 Å². The first-order valence-electron chi connectivity index (χ1n) is 4.67. The highest BCUT2D eigenvalue weighted by Crippen LogP contribution is 2.29. The molecule has 0 saturated heterocycles. The summed E-state index contributed by atoms with van der Waals surface area (Å²) in [7, 11) is 1.75. The molecule has 1 aromatic carbocycles. The fourth-order valence-corrected chi connectivity index (χ4v) is 2.58. The van der Waals surface area contributed by atoms with Gasteiger partial charge in [-0.3, -0.25) is 0 Å². The number of methoxy groups -OCH3 is 2. The zero-order valence-electron chi connectivity index (χ0n) is 9.69. The molecule has 1 rings (SSSR count). The van der Waals surface area contributed by atoms with Gasteiger partial charge >= 0.3 is 0 Å². The number of hydrogen-bond donors (Lipinski definition) is 0. The SMILES string of the molecule is COC([Si])(OC)c1ccccc1S(=O)(=O)N=[N+]=[N-]. The van der Waals surface area contributed by atoms with Crippen molar-refractivity contribution in [2.24, 2.45) is 4.52 Å². The average Bonchev–Trinajstić information content (AvgIpc) is 2.38. The van der Waals surface area contributed by atoms with Gasteiger partial charge in [-0.2, -0.15) is 0 Å². The molecule has 95 valence electrons. The third-order valence-electron chi connectivity index (χ3n) is 2.24. The van der Waals surface area contributed by atoms with Crippen molar-refractivity contribution < 1.29 is 17.9 Å². The lowest BCUT2D eigenvalue weighted by molar-refractivity contribution is -0.150. The maximum absolute atomic E-state index is 11.8. The molecule has 0 fully saturated rings. The number of azide groups is 1. The van der Waals surface area contributed by atoms with Crippen LogP contribution in [0.4, 0.5) is 0 Å². The van der Waals surface area contributed by atoms with Gasteiger partial charge in [-0.05, 0) is 11.6 Å². The first-order chi connectivity index (χ1) is 8.41. The van der Waals surface area contributed by atoms with Crippen LogP contribution in [0.15, 0.2) is 33.7 Å². The van der Waals surface area contributed by atoms with Crippen LogP contribution in [-0.2, 0) is 24.9 Å². The summed E-state index contributed by atoms with van der Waals surface area (Å²) in [6, 6.07) is 5.89. The quantitative estimate of drug-likeness (QED) is 0.267. The zero-order valence-corrected chi connectivity index (χ0v) is 11.5. The van der Waals surface area contributed by atoms with Crippen molar-refractivity contribution in [3.8, 4) is 0 Å². The molecule has 0 aromatic heterocycles. The lowest BCUT2D eigenvalue weighted by Crippen LogP contribution is -2.32. The number of ether oxygens (including phenoxy) is 2. The van der Waals surface area contributed by atoms with Crippen LogP contribution in [0.3, 0.4) is 0 Å². The van der Waals surface area contributed by atoms with Gasteiger partial charge in [-0.25, -0.2) is 8.42 Å². The summed E-state index contributed by atoms with van der Waals surface area (Å²) in [5, 5.41) is 0. The van der Waals surface area contributed by atoms with E-state index in [1.54, 1.807) is 6.07 Å². The Bertz CT molecular complexity index is 579. The molecule has 0 unspecified atom stereocenters. The van der Waals surface area contributed by atoms with Gasteiger partial charge in [0, 0.05) is 29.2 Å². The lowest BCUT2D eigenvalue weighted by Gasteiger charge is -2.28. The summed E-state index contributed by atoms with van der Waals surface area (Å²) in [5.41, 5.74) is 7.02. The van der Waals surface area contributed by atoms with Gasteiger partial charge in [0.2, 0.25) is 0 Å². The second kappa shape index (κ2) is 5.51. The van der Waals surface area contributed by atoms with E-state index in [0.717, 1.165) is 0 Å². The Balaban J connectivity index is 3.55. The van der Waals surface area contributed by atoms with Crippen LogP contribution in [-0.4, -0.2) is 32.9 Å². The highest BCUT2D eigenvalue weighted by atomic mass is 32.2. The molecular weight excluding hydrogens is 274 g/mol. The summed E-state index contributed by atoms with van der Waals surface area (Å²) in [6.45, 7) is 0. The minimum atomic E-state index is -4.13. The van der Waals surface area contributed by atoms with Crippen molar-refractivity contribution >= 4 is 20.3 Å². The summed E-state index contributed by atoms with van der Waals surface area (Å²) in [5.74, 6) is 0. The van der Waals surface area contributed by atoms with E-state index in [9.17, 15) is 8.42 Å². The predicted molar refractivity (Wildman–Crippen MR) is 64.2 cm³/mol. The van der Waals surface area contributed by atoms with Crippen LogP contribution in [0, 0.1) is 0 Å². The molecule has 0 aliphatic heterocycles. The Morgan fingerprint density at radius 1 is 1.33 bits per heavy atom. The van der Waals surface area contributed by atoms with E-state index in [1.165, 1.54) is 32.4 Å². The predicted octanol–water partition coefficient (Wildman–Crippen LogP) is 1.26. The molecular formula is C9H10N3O4SSi. The molecule has 0 heterocycles. The minimum Gasteiger partial charge on any atom is -0.354 e. The number of sulfonamides is 1. The molecule has 0 spiro atoms. The highest BCUT2D eigenvalue weighted by molar-refractivity contribution is 7.90. The fourth-order valence-electron chi connectivity index (χ4n) is 1.36. The van der Waals surface area contributed by atoms with Crippen molar-refractivity contribution in [3.05, 3.63) is 40.3 Å². The monoisotopic (exact) mass is 284 g/mol. The summed E-state index contributed by atoms with van der Waals surface area (Å²) in [6.07, 6.45) is 0. The molecule has 18 heavy (non-hydrogen) atoms. The third-order valence-corrected chi connectivity index (χ3v) is 4.12. The average molecular weight is 284 g/mol. The number of rotatable bonds is 5. The molecule has 9 heteroatoms. The van der Waals surface area contributed by atoms with Crippen LogP contribution in [0.5, 0.6) is 0 Å². The zero-order chi connectivity index (χ0) is 13.8. The van der Waals surface area contributed by atoms with Crippen molar-refractivity contribution in [1.82, 2.24) is 0 Å². The second-order valence-electron chi connectivity index (χ2n) is 3.17. The van der Waals surface area contributed by atoms with E-state index >= 15 is 0 Å². The van der Waals surface area contributed by atoms with Crippen molar-refractivity contribution in [3.63, 3.8) is 0 Å². The van der Waals surface area contributed by atoms with Gasteiger partial charge in [0.15, 0.2) is 5.41 Å². The van der Waals surface area contributed by atoms with Crippen LogP contribution >= 0.6 is 0 Å². The first kappa shape index (κ1) is 14.7. The summed E-state index contributed by atoms with van der Waals surface area (Å²) in [4.78, 5) is 2.11. The molecule has 0 atom stereocenters. The number of hydrogen-bond acceptors (Lipinski definition) is 4. The maximum atomic E-state index is 11.8. The molecule has 0 saturated carbocycles. The Hall–Kier alpha value is -1.38. The smallest absolute Gasteiger partial charge is 0.264 e. The first-order valence-corrected chi connectivity index (χ1v) is 6.61. The standard InChI is InChI=1S/C9H10N3O4SSi/c1-15-9(18,16-2)7-5-3-4-6-8(7)17(13,14)12-11-10/h3-6H,1-2H3. The van der Waals surface area contributed by atoms with E-state index < -0.39 is 15.4 Å². The lowest BCUT2D eigenvalue weighted by atomic mass is 10.2. The molecule has 0 aliphatic rings. The van der Waals surface area contributed by atoms with Gasteiger partial charge in [-0.15, -0.1) is 0 Å². The second-order valence-corrected chi connectivity index (χ2v) is 5.38. The fraction of sp³-hybridized carbons (Fsp3) is 0.333. The Kier molecular flexibility index (Phi) is 4.49. The van der Waals surface area contributed by atoms with Gasteiger partial charge in [-0.1, -0.05) is 18.2 Å². The Morgan fingerprint density at radius 2 is 1.89 bits per heavy atom. The van der Waals surface area contributed by atoms with Crippen molar-refractivity contribution in [1.29, 1.82) is 0 Å². The van der Waals surface area contributed by atoms with E-state index in [1.807, 2.05) is 0 Å². The topological polar surface area (TPSA) is 101 Å². The van der Waals surface area contributed by atoms with E-state index in [4.69, 9.17) is 15.0 Å². The van der Waals surface area contributed by atoms with Crippen LogP contribution in [0.1, 0.15) is 5.56 Å². The molecule has 0 N–H and O–H groups in total. The maximum Gasteiger partial charge on any atom is 0.264 e. The number of nitrogens with zero attached hydrogens (tertiary/aromatic N) is 3. The van der Waals surface area contributed by atoms with Crippen LogP contribution < -0.4 is 0 Å². The Morgan fingerprint density at radius 3 is 2.39 bits per heavy atom. The van der Waals surface area contributed by atoms with E-state index in [-0.39, 0.29) is 10.5 Å². The molecule has 1 aromatic rings. The van der Waals surface area contributed by atoms with Gasteiger partial charge in [0.1, 0.15) is 10.2 Å². The molecule has 0 aliphatic carbocycles. The summed E-state index contributed by atoms with van der Waals surface area (Å²) < 4.78 is 36.5. The Labute approximate surface area is 108 Å². The molecule has 3 radical (unpaired) electrons. The molecule has 0 amide bonds. The third kappa shape index (κ3) is 2.71.